The Morgan fingerprint density at radius 3 is 2.28 bits per heavy atom. The maximum atomic E-state index is 5.77. The van der Waals surface area contributed by atoms with Crippen molar-refractivity contribution < 1.29 is 0 Å². The zero-order valence-corrected chi connectivity index (χ0v) is 18.5. The second-order valence-corrected chi connectivity index (χ2v) is 8.39. The van der Waals surface area contributed by atoms with Crippen LogP contribution in [0, 0.1) is 20.8 Å². The van der Waals surface area contributed by atoms with Gasteiger partial charge in [-0.3, -0.25) is 4.98 Å². The van der Waals surface area contributed by atoms with Crippen LogP contribution in [0.5, 0.6) is 0 Å². The number of nitrogens with one attached hydrogen (secondary N) is 1. The average molecular weight is 405 g/mol. The maximum absolute atomic E-state index is 5.77. The molecule has 1 saturated heterocycles. The summed E-state index contributed by atoms with van der Waals surface area (Å²) in [7, 11) is 0. The molecule has 0 amide bonds. The van der Waals surface area contributed by atoms with E-state index >= 15 is 0 Å². The van der Waals surface area contributed by atoms with Gasteiger partial charge in [-0.2, -0.15) is 0 Å². The maximum Gasteiger partial charge on any atom is 0.170 e. The number of aromatic nitrogens is 2. The van der Waals surface area contributed by atoms with Crippen LogP contribution >= 0.6 is 12.2 Å². The van der Waals surface area contributed by atoms with E-state index in [4.69, 9.17) is 12.2 Å². The molecule has 0 saturated carbocycles. The van der Waals surface area contributed by atoms with E-state index < -0.39 is 0 Å². The topological polar surface area (TPSA) is 33.1 Å². The molecule has 4 nitrogen and oxygen atoms in total. The fourth-order valence-corrected chi connectivity index (χ4v) is 5.09. The molecule has 3 heterocycles. The van der Waals surface area contributed by atoms with E-state index in [-0.39, 0.29) is 18.1 Å². The third-order valence-corrected chi connectivity index (χ3v) is 6.34. The Morgan fingerprint density at radius 2 is 1.66 bits per heavy atom. The van der Waals surface area contributed by atoms with Crippen LogP contribution in [0.4, 0.5) is 0 Å². The molecule has 5 heteroatoms. The smallest absolute Gasteiger partial charge is 0.170 e. The van der Waals surface area contributed by atoms with Gasteiger partial charge in [-0.15, -0.1) is 0 Å². The molecule has 1 aliphatic heterocycles. The van der Waals surface area contributed by atoms with Crippen LogP contribution in [0.2, 0.25) is 0 Å². The van der Waals surface area contributed by atoms with Gasteiger partial charge in [-0.25, -0.2) is 0 Å². The normalized spacial score (nSPS) is 19.1. The van der Waals surface area contributed by atoms with Crippen LogP contribution in [-0.2, 0) is 0 Å². The Labute approximate surface area is 178 Å². The molecule has 4 rings (SSSR count). The Balaban J connectivity index is 1.91. The highest BCUT2D eigenvalue weighted by Gasteiger charge is 2.43. The Kier molecular flexibility index (Phi) is 5.17. The molecule has 1 aliphatic rings. The van der Waals surface area contributed by atoms with Gasteiger partial charge in [-0.1, -0.05) is 24.3 Å². The Hall–Kier alpha value is -2.66. The molecule has 3 aromatic rings. The Bertz CT molecular complexity index is 1020. The summed E-state index contributed by atoms with van der Waals surface area (Å²) in [5.41, 5.74) is 7.39. The first kappa shape index (κ1) is 19.6. The van der Waals surface area contributed by atoms with E-state index in [1.165, 1.54) is 28.2 Å². The van der Waals surface area contributed by atoms with Crippen LogP contribution in [-0.4, -0.2) is 25.6 Å². The number of benzene rings is 1. The van der Waals surface area contributed by atoms with Crippen LogP contribution in [0.15, 0.2) is 54.7 Å². The highest BCUT2D eigenvalue weighted by Crippen LogP contribution is 2.44. The van der Waals surface area contributed by atoms with Crippen molar-refractivity contribution in [2.45, 2.75) is 52.7 Å². The molecule has 150 valence electrons. The van der Waals surface area contributed by atoms with E-state index in [2.05, 4.69) is 90.8 Å². The molecule has 1 N–H and O–H groups in total. The Morgan fingerprint density at radius 1 is 0.966 bits per heavy atom. The lowest BCUT2D eigenvalue weighted by Gasteiger charge is -2.32. The summed E-state index contributed by atoms with van der Waals surface area (Å²) < 4.78 is 2.36. The number of thiocarbonyl (C=S) groups is 1. The predicted octanol–water partition coefficient (Wildman–Crippen LogP) is 5.18. The lowest BCUT2D eigenvalue weighted by molar-refractivity contribution is 0.268. The first-order chi connectivity index (χ1) is 13.9. The van der Waals surface area contributed by atoms with Crippen molar-refractivity contribution in [2.24, 2.45) is 0 Å². The number of hydrogen-bond donors (Lipinski definition) is 1. The molecule has 0 unspecified atom stereocenters. The first-order valence-corrected chi connectivity index (χ1v) is 10.6. The predicted molar refractivity (Wildman–Crippen MR) is 122 cm³/mol. The molecule has 0 radical (unpaired) electrons. The molecule has 1 aromatic carbocycles. The molecule has 0 spiro atoms. The van der Waals surface area contributed by atoms with Crippen molar-refractivity contribution in [2.75, 3.05) is 0 Å². The fourth-order valence-electron chi connectivity index (χ4n) is 4.64. The second kappa shape index (κ2) is 7.64. The minimum Gasteiger partial charge on any atom is -0.352 e. The number of hydrogen-bond acceptors (Lipinski definition) is 2. The van der Waals surface area contributed by atoms with Gasteiger partial charge in [0.05, 0.1) is 17.8 Å². The van der Waals surface area contributed by atoms with Gasteiger partial charge in [0.2, 0.25) is 0 Å². The molecule has 0 aliphatic carbocycles. The quantitative estimate of drug-likeness (QED) is 0.608. The van der Waals surface area contributed by atoms with Crippen LogP contribution in [0.25, 0.3) is 5.69 Å². The third kappa shape index (κ3) is 3.23. The van der Waals surface area contributed by atoms with Crippen LogP contribution < -0.4 is 5.32 Å². The SMILES string of the molecule is Cc1c([C@H]2[C@H](c3ccccn3)NC(=S)N2C(C)C)c(C)n(-c2ccccc2)c1C. The van der Waals surface area contributed by atoms with E-state index in [1.54, 1.807) is 0 Å². The van der Waals surface area contributed by atoms with Crippen LogP contribution in [0.3, 0.4) is 0 Å². The summed E-state index contributed by atoms with van der Waals surface area (Å²) in [6.45, 7) is 11.1. The highest BCUT2D eigenvalue weighted by molar-refractivity contribution is 7.80. The summed E-state index contributed by atoms with van der Waals surface area (Å²) >= 11 is 5.77. The van der Waals surface area contributed by atoms with Gasteiger partial charge in [0, 0.05) is 34.9 Å². The van der Waals surface area contributed by atoms with Gasteiger partial charge >= 0.3 is 0 Å². The number of nitrogens with zero attached hydrogens (tertiary/aromatic N) is 3. The average Bonchev–Trinajstić information content (AvgIpc) is 3.16. The highest BCUT2D eigenvalue weighted by atomic mass is 32.1. The molecular weight excluding hydrogens is 376 g/mol. The molecule has 2 atom stereocenters. The van der Waals surface area contributed by atoms with Crippen molar-refractivity contribution in [3.63, 3.8) is 0 Å². The van der Waals surface area contributed by atoms with Crippen molar-refractivity contribution in [3.8, 4) is 5.69 Å². The molecule has 1 fully saturated rings. The van der Waals surface area contributed by atoms with Crippen LogP contribution in [0.1, 0.15) is 54.1 Å². The minimum absolute atomic E-state index is 0.0227. The zero-order valence-electron chi connectivity index (χ0n) is 17.7. The summed E-state index contributed by atoms with van der Waals surface area (Å²) in [6.07, 6.45) is 1.86. The fraction of sp³-hybridized carbons (Fsp3) is 0.333. The van der Waals surface area contributed by atoms with Gasteiger partial charge < -0.3 is 14.8 Å². The van der Waals surface area contributed by atoms with Gasteiger partial charge in [-0.05, 0) is 76.7 Å². The number of pyridine rings is 1. The number of para-hydroxylation sites is 1. The monoisotopic (exact) mass is 404 g/mol. The lowest BCUT2D eigenvalue weighted by Crippen LogP contribution is -2.36. The summed E-state index contributed by atoms with van der Waals surface area (Å²) in [5, 5.41) is 4.35. The third-order valence-electron chi connectivity index (χ3n) is 6.01. The minimum atomic E-state index is 0.0227. The van der Waals surface area contributed by atoms with E-state index in [1.807, 2.05) is 18.3 Å². The van der Waals surface area contributed by atoms with Crippen molar-refractivity contribution in [3.05, 3.63) is 82.9 Å². The van der Waals surface area contributed by atoms with E-state index in [0.717, 1.165) is 10.8 Å². The summed E-state index contributed by atoms with van der Waals surface area (Å²) in [4.78, 5) is 6.99. The summed E-state index contributed by atoms with van der Waals surface area (Å²) in [6, 6.07) is 17.1. The van der Waals surface area contributed by atoms with Gasteiger partial charge in [0.1, 0.15) is 0 Å². The van der Waals surface area contributed by atoms with Crippen molar-refractivity contribution in [1.29, 1.82) is 0 Å². The van der Waals surface area contributed by atoms with E-state index in [0.29, 0.717) is 0 Å². The zero-order chi connectivity index (χ0) is 20.7. The molecule has 2 aromatic heterocycles. The number of rotatable bonds is 4. The first-order valence-electron chi connectivity index (χ1n) is 10.2. The van der Waals surface area contributed by atoms with Gasteiger partial charge in [0.25, 0.3) is 0 Å². The largest absolute Gasteiger partial charge is 0.352 e. The molecule has 0 bridgehead atoms. The van der Waals surface area contributed by atoms with E-state index in [9.17, 15) is 0 Å². The van der Waals surface area contributed by atoms with Gasteiger partial charge in [0.15, 0.2) is 5.11 Å². The van der Waals surface area contributed by atoms with Crippen molar-refractivity contribution >= 4 is 17.3 Å². The second-order valence-electron chi connectivity index (χ2n) is 8.01. The van der Waals surface area contributed by atoms with Crippen molar-refractivity contribution in [1.82, 2.24) is 19.8 Å². The summed E-state index contributed by atoms with van der Waals surface area (Å²) in [5.74, 6) is 0. The molecule has 29 heavy (non-hydrogen) atoms. The standard InChI is InChI=1S/C24H28N4S/c1-15(2)27-23(22(26-24(27)29)20-13-9-10-14-25-20)21-16(3)17(4)28(18(21)5)19-11-7-6-8-12-19/h6-15,22-23H,1-5H3,(H,26,29)/t22-,23-/m0/s1. The molecular formula is C24H28N4S. The lowest BCUT2D eigenvalue weighted by atomic mass is 9.93.